The highest BCUT2D eigenvalue weighted by atomic mass is 35.5. The minimum atomic E-state index is -0.201. The predicted molar refractivity (Wildman–Crippen MR) is 122 cm³/mol. The van der Waals surface area contributed by atoms with E-state index in [1.807, 2.05) is 0 Å². The molecule has 0 radical (unpaired) electrons. The average molecular weight is 461 g/mol. The molecular formula is C21H21ClN4O2S2. The highest BCUT2D eigenvalue weighted by Gasteiger charge is 2.27. The van der Waals surface area contributed by atoms with Gasteiger partial charge in [0.05, 0.1) is 12.7 Å². The molecule has 1 saturated carbocycles. The maximum Gasteiger partial charge on any atom is 0.255 e. The Labute approximate surface area is 188 Å². The third kappa shape index (κ3) is 5.44. The molecule has 1 aromatic heterocycles. The van der Waals surface area contributed by atoms with E-state index in [2.05, 4.69) is 44.5 Å². The molecule has 0 spiro atoms. The molecule has 1 fully saturated rings. The van der Waals surface area contributed by atoms with E-state index in [1.165, 1.54) is 31.9 Å². The lowest BCUT2D eigenvalue weighted by atomic mass is 10.1. The molecule has 0 bridgehead atoms. The second kappa shape index (κ2) is 9.68. The van der Waals surface area contributed by atoms with E-state index >= 15 is 0 Å². The number of benzene rings is 2. The third-order valence-corrected chi connectivity index (χ3v) is 6.82. The first-order chi connectivity index (χ1) is 14.6. The molecule has 0 unspecified atom stereocenters. The number of hydrogen-bond donors (Lipinski definition) is 2. The fourth-order valence-corrected chi connectivity index (χ4v) is 4.62. The molecule has 156 valence electrons. The third-order valence-electron chi connectivity index (χ3n) is 4.65. The molecule has 1 aliphatic carbocycles. The monoisotopic (exact) mass is 460 g/mol. The quantitative estimate of drug-likeness (QED) is 0.429. The normalized spacial score (nSPS) is 13.1. The van der Waals surface area contributed by atoms with Crippen LogP contribution in [0.5, 0.6) is 5.75 Å². The number of amides is 1. The first kappa shape index (κ1) is 21.0. The molecule has 9 heteroatoms. The topological polar surface area (TPSA) is 76.1 Å². The van der Waals surface area contributed by atoms with Crippen LogP contribution in [0, 0.1) is 0 Å². The van der Waals surface area contributed by atoms with Gasteiger partial charge in [-0.1, -0.05) is 35.1 Å². The molecule has 0 atom stereocenters. The number of halogens is 1. The molecule has 1 amide bonds. The number of methoxy groups -OCH3 is 1. The van der Waals surface area contributed by atoms with Crippen LogP contribution in [0.15, 0.2) is 47.4 Å². The number of ether oxygens (including phenoxy) is 1. The zero-order chi connectivity index (χ0) is 20.9. The van der Waals surface area contributed by atoms with Gasteiger partial charge in [-0.3, -0.25) is 4.79 Å². The maximum atomic E-state index is 12.4. The Morgan fingerprint density at radius 1 is 1.23 bits per heavy atom. The van der Waals surface area contributed by atoms with Crippen LogP contribution in [-0.4, -0.2) is 29.8 Å². The molecule has 0 aliphatic heterocycles. The highest BCUT2D eigenvalue weighted by molar-refractivity contribution is 8.00. The van der Waals surface area contributed by atoms with Crippen molar-refractivity contribution in [1.29, 1.82) is 0 Å². The van der Waals surface area contributed by atoms with E-state index in [9.17, 15) is 4.79 Å². The molecule has 4 rings (SSSR count). The Morgan fingerprint density at radius 3 is 2.77 bits per heavy atom. The minimum Gasteiger partial charge on any atom is -0.496 e. The van der Waals surface area contributed by atoms with Crippen LogP contribution in [0.4, 0.5) is 5.13 Å². The summed E-state index contributed by atoms with van der Waals surface area (Å²) in [5.74, 6) is 0.932. The van der Waals surface area contributed by atoms with Crippen LogP contribution in [-0.2, 0) is 6.42 Å². The van der Waals surface area contributed by atoms with Crippen molar-refractivity contribution in [3.05, 3.63) is 63.6 Å². The Bertz CT molecular complexity index is 1020. The van der Waals surface area contributed by atoms with E-state index in [4.69, 9.17) is 16.3 Å². The first-order valence-electron chi connectivity index (χ1n) is 9.59. The summed E-state index contributed by atoms with van der Waals surface area (Å²) >= 11 is 9.15. The average Bonchev–Trinajstić information content (AvgIpc) is 3.51. The summed E-state index contributed by atoms with van der Waals surface area (Å²) in [7, 11) is 1.53. The number of rotatable bonds is 9. The molecule has 0 saturated heterocycles. The molecule has 1 heterocycles. The van der Waals surface area contributed by atoms with Crippen molar-refractivity contribution in [2.75, 3.05) is 18.4 Å². The SMILES string of the molecule is COc1ccc(Cl)cc1C(=O)NCCc1ccc(SNc2nnc(C3CC3)s2)cc1. The number of aromatic nitrogens is 2. The smallest absolute Gasteiger partial charge is 0.255 e. The Morgan fingerprint density at radius 2 is 2.03 bits per heavy atom. The molecule has 2 N–H and O–H groups in total. The van der Waals surface area contributed by atoms with Crippen LogP contribution in [0.25, 0.3) is 0 Å². The highest BCUT2D eigenvalue weighted by Crippen LogP contribution is 2.42. The van der Waals surface area contributed by atoms with Crippen molar-refractivity contribution in [2.45, 2.75) is 30.1 Å². The summed E-state index contributed by atoms with van der Waals surface area (Å²) in [4.78, 5) is 13.5. The van der Waals surface area contributed by atoms with Gasteiger partial charge in [0.2, 0.25) is 5.13 Å². The Hall–Kier alpha value is -2.29. The molecule has 3 aromatic rings. The van der Waals surface area contributed by atoms with Crippen molar-refractivity contribution in [2.24, 2.45) is 0 Å². The summed E-state index contributed by atoms with van der Waals surface area (Å²) < 4.78 is 8.49. The second-order valence-electron chi connectivity index (χ2n) is 6.92. The zero-order valence-electron chi connectivity index (χ0n) is 16.4. The van der Waals surface area contributed by atoms with Crippen LogP contribution in [0.2, 0.25) is 5.02 Å². The van der Waals surface area contributed by atoms with Gasteiger partial charge in [0.25, 0.3) is 5.91 Å². The van der Waals surface area contributed by atoms with Gasteiger partial charge in [-0.05, 0) is 67.1 Å². The van der Waals surface area contributed by atoms with Gasteiger partial charge < -0.3 is 14.8 Å². The fourth-order valence-electron chi connectivity index (χ4n) is 2.87. The van der Waals surface area contributed by atoms with Crippen molar-refractivity contribution < 1.29 is 9.53 Å². The predicted octanol–water partition coefficient (Wildman–Crippen LogP) is 5.17. The van der Waals surface area contributed by atoms with Crippen LogP contribution >= 0.6 is 34.9 Å². The van der Waals surface area contributed by atoms with Crippen molar-refractivity contribution in [1.82, 2.24) is 15.5 Å². The lowest BCUT2D eigenvalue weighted by Crippen LogP contribution is -2.26. The lowest BCUT2D eigenvalue weighted by Gasteiger charge is -2.10. The number of nitrogens with one attached hydrogen (secondary N) is 2. The molecule has 6 nitrogen and oxygen atoms in total. The molecule has 1 aliphatic rings. The summed E-state index contributed by atoms with van der Waals surface area (Å²) in [5, 5.41) is 13.8. The lowest BCUT2D eigenvalue weighted by molar-refractivity contribution is 0.0951. The van der Waals surface area contributed by atoms with Crippen molar-refractivity contribution >= 4 is 45.9 Å². The van der Waals surface area contributed by atoms with Gasteiger partial charge in [-0.2, -0.15) is 0 Å². The van der Waals surface area contributed by atoms with E-state index in [-0.39, 0.29) is 5.91 Å². The van der Waals surface area contributed by atoms with Gasteiger partial charge >= 0.3 is 0 Å². The standard InChI is InChI=1S/C21H21ClN4O2S2/c1-28-18-9-6-15(22)12-17(18)19(27)23-11-10-13-2-7-16(8-3-13)30-26-21-25-24-20(29-21)14-4-5-14/h2-3,6-9,12,14H,4-5,10-11H2,1H3,(H,23,27)(H,25,26). The van der Waals surface area contributed by atoms with Crippen LogP contribution in [0.3, 0.4) is 0 Å². The summed E-state index contributed by atoms with van der Waals surface area (Å²) in [6.45, 7) is 0.522. The first-order valence-corrected chi connectivity index (χ1v) is 11.6. The maximum absolute atomic E-state index is 12.4. The van der Waals surface area contributed by atoms with Crippen molar-refractivity contribution in [3.8, 4) is 5.75 Å². The number of hydrogen-bond acceptors (Lipinski definition) is 7. The largest absolute Gasteiger partial charge is 0.496 e. The summed E-state index contributed by atoms with van der Waals surface area (Å²) in [6, 6.07) is 13.2. The second-order valence-corrected chi connectivity index (χ2v) is 9.24. The van der Waals surface area contributed by atoms with E-state index < -0.39 is 0 Å². The number of carbonyl (C=O) groups is 1. The summed E-state index contributed by atoms with van der Waals surface area (Å²) in [5.41, 5.74) is 1.58. The van der Waals surface area contributed by atoms with Gasteiger partial charge in [0.1, 0.15) is 10.8 Å². The number of nitrogens with zero attached hydrogens (tertiary/aromatic N) is 2. The fraction of sp³-hybridized carbons (Fsp3) is 0.286. The van der Waals surface area contributed by atoms with Crippen LogP contribution in [0.1, 0.15) is 39.7 Å². The zero-order valence-corrected chi connectivity index (χ0v) is 18.7. The van der Waals surface area contributed by atoms with E-state index in [0.29, 0.717) is 28.8 Å². The van der Waals surface area contributed by atoms with Crippen molar-refractivity contribution in [3.63, 3.8) is 0 Å². The molecule has 30 heavy (non-hydrogen) atoms. The number of anilines is 1. The number of carbonyl (C=O) groups excluding carboxylic acids is 1. The Balaban J connectivity index is 1.24. The summed E-state index contributed by atoms with van der Waals surface area (Å²) in [6.07, 6.45) is 3.20. The Kier molecular flexibility index (Phi) is 6.76. The van der Waals surface area contributed by atoms with Gasteiger partial charge in [-0.25, -0.2) is 0 Å². The van der Waals surface area contributed by atoms with Gasteiger partial charge in [-0.15, -0.1) is 10.2 Å². The molecule has 2 aromatic carbocycles. The van der Waals surface area contributed by atoms with Gasteiger partial charge in [0.15, 0.2) is 0 Å². The van der Waals surface area contributed by atoms with Gasteiger partial charge in [0, 0.05) is 22.4 Å². The minimum absolute atomic E-state index is 0.201. The molecular weight excluding hydrogens is 440 g/mol. The van der Waals surface area contributed by atoms with E-state index in [1.54, 1.807) is 29.5 Å². The van der Waals surface area contributed by atoms with E-state index in [0.717, 1.165) is 27.0 Å². The van der Waals surface area contributed by atoms with Crippen LogP contribution < -0.4 is 14.8 Å².